The van der Waals surface area contributed by atoms with E-state index < -0.39 is 10.0 Å². The third-order valence-corrected chi connectivity index (χ3v) is 5.31. The van der Waals surface area contributed by atoms with Gasteiger partial charge < -0.3 is 5.32 Å². The van der Waals surface area contributed by atoms with Gasteiger partial charge in [0.1, 0.15) is 0 Å². The van der Waals surface area contributed by atoms with Gasteiger partial charge in [-0.05, 0) is 19.4 Å². The summed E-state index contributed by atoms with van der Waals surface area (Å²) in [5.74, 6) is 0. The molecule has 0 saturated carbocycles. The quantitative estimate of drug-likeness (QED) is 0.792. The van der Waals surface area contributed by atoms with E-state index in [1.54, 1.807) is 19.4 Å². The summed E-state index contributed by atoms with van der Waals surface area (Å²) >= 11 is 0. The summed E-state index contributed by atoms with van der Waals surface area (Å²) in [4.78, 5) is 0. The zero-order chi connectivity index (χ0) is 12.3. The van der Waals surface area contributed by atoms with Crippen LogP contribution in [0.4, 0.5) is 0 Å². The second kappa shape index (κ2) is 5.16. The number of hydrogen-bond donors (Lipinski definition) is 2. The van der Waals surface area contributed by atoms with E-state index in [2.05, 4.69) is 15.5 Å². The van der Waals surface area contributed by atoms with Gasteiger partial charge in [-0.3, -0.25) is 5.10 Å². The average molecular weight is 258 g/mol. The molecule has 17 heavy (non-hydrogen) atoms. The molecule has 7 heteroatoms. The van der Waals surface area contributed by atoms with Crippen LogP contribution in [0, 0.1) is 0 Å². The van der Waals surface area contributed by atoms with Crippen LogP contribution in [0.5, 0.6) is 0 Å². The summed E-state index contributed by atoms with van der Waals surface area (Å²) in [7, 11) is -1.59. The third kappa shape index (κ3) is 2.85. The minimum atomic E-state index is -3.21. The predicted molar refractivity (Wildman–Crippen MR) is 64.9 cm³/mol. The largest absolute Gasteiger partial charge is 0.315 e. The molecule has 1 aromatic heterocycles. The van der Waals surface area contributed by atoms with Crippen molar-refractivity contribution in [1.29, 1.82) is 0 Å². The monoisotopic (exact) mass is 258 g/mol. The zero-order valence-electron chi connectivity index (χ0n) is 9.89. The zero-order valence-corrected chi connectivity index (χ0v) is 10.7. The Labute approximate surface area is 101 Å². The molecule has 96 valence electrons. The van der Waals surface area contributed by atoms with Gasteiger partial charge in [0.15, 0.2) is 0 Å². The Kier molecular flexibility index (Phi) is 3.80. The van der Waals surface area contributed by atoms with Crippen LogP contribution >= 0.6 is 0 Å². The first-order valence-electron chi connectivity index (χ1n) is 5.74. The molecule has 0 radical (unpaired) electrons. The molecule has 6 nitrogen and oxygen atoms in total. The smallest absolute Gasteiger partial charge is 0.218 e. The number of rotatable bonds is 4. The van der Waals surface area contributed by atoms with Gasteiger partial charge in [-0.2, -0.15) is 5.10 Å². The van der Waals surface area contributed by atoms with Crippen molar-refractivity contribution in [3.8, 4) is 0 Å². The fourth-order valence-corrected chi connectivity index (χ4v) is 3.67. The van der Waals surface area contributed by atoms with E-state index in [0.29, 0.717) is 13.1 Å². The number of H-pyrrole nitrogens is 1. The minimum Gasteiger partial charge on any atom is -0.315 e. The highest BCUT2D eigenvalue weighted by atomic mass is 32.2. The average Bonchev–Trinajstić information content (AvgIpc) is 2.83. The molecule has 1 atom stereocenters. The maximum absolute atomic E-state index is 12.3. The van der Waals surface area contributed by atoms with E-state index in [4.69, 9.17) is 0 Å². The molecule has 1 saturated heterocycles. The molecule has 1 aliphatic rings. The standard InChI is InChI=1S/C10H18N4O2S/c1-14(8-9-5-12-13-6-9)17(15,16)10-3-2-4-11-7-10/h5-6,10-11H,2-4,7-8H2,1H3,(H,12,13). The van der Waals surface area contributed by atoms with Crippen LogP contribution in [0.15, 0.2) is 12.4 Å². The second-order valence-electron chi connectivity index (χ2n) is 4.38. The molecule has 2 N–H and O–H groups in total. The lowest BCUT2D eigenvalue weighted by atomic mass is 10.2. The first-order valence-corrected chi connectivity index (χ1v) is 7.24. The highest BCUT2D eigenvalue weighted by Gasteiger charge is 2.30. The van der Waals surface area contributed by atoms with Gasteiger partial charge in [-0.1, -0.05) is 0 Å². The normalized spacial score (nSPS) is 21.9. The minimum absolute atomic E-state index is 0.298. The summed E-state index contributed by atoms with van der Waals surface area (Å²) in [6.07, 6.45) is 5.02. The molecule has 0 bridgehead atoms. The fraction of sp³-hybridized carbons (Fsp3) is 0.700. The Morgan fingerprint density at radius 2 is 2.41 bits per heavy atom. The van der Waals surface area contributed by atoms with Gasteiger partial charge in [0, 0.05) is 31.9 Å². The van der Waals surface area contributed by atoms with Crippen molar-refractivity contribution in [1.82, 2.24) is 19.8 Å². The molecule has 0 aromatic carbocycles. The maximum Gasteiger partial charge on any atom is 0.218 e. The molecule has 1 aromatic rings. The number of aromatic amines is 1. The van der Waals surface area contributed by atoms with Gasteiger partial charge >= 0.3 is 0 Å². The van der Waals surface area contributed by atoms with Crippen molar-refractivity contribution in [2.75, 3.05) is 20.1 Å². The Morgan fingerprint density at radius 1 is 1.59 bits per heavy atom. The van der Waals surface area contributed by atoms with Crippen molar-refractivity contribution in [2.24, 2.45) is 0 Å². The van der Waals surface area contributed by atoms with E-state index in [9.17, 15) is 8.42 Å². The Balaban J connectivity index is 2.03. The first-order chi connectivity index (χ1) is 8.10. The van der Waals surface area contributed by atoms with E-state index >= 15 is 0 Å². The van der Waals surface area contributed by atoms with Crippen LogP contribution in [0.25, 0.3) is 0 Å². The number of hydrogen-bond acceptors (Lipinski definition) is 4. The highest BCUT2D eigenvalue weighted by Crippen LogP contribution is 2.16. The van der Waals surface area contributed by atoms with Crippen molar-refractivity contribution < 1.29 is 8.42 Å². The Morgan fingerprint density at radius 3 is 3.00 bits per heavy atom. The number of aromatic nitrogens is 2. The number of nitrogens with zero attached hydrogens (tertiary/aromatic N) is 2. The van der Waals surface area contributed by atoms with Crippen molar-refractivity contribution >= 4 is 10.0 Å². The lowest BCUT2D eigenvalue weighted by Gasteiger charge is -2.27. The molecule has 2 heterocycles. The lowest BCUT2D eigenvalue weighted by molar-refractivity contribution is 0.429. The summed E-state index contributed by atoms with van der Waals surface area (Å²) < 4.78 is 25.9. The lowest BCUT2D eigenvalue weighted by Crippen LogP contribution is -2.44. The van der Waals surface area contributed by atoms with Gasteiger partial charge in [0.25, 0.3) is 0 Å². The van der Waals surface area contributed by atoms with E-state index in [1.807, 2.05) is 0 Å². The topological polar surface area (TPSA) is 78.1 Å². The molecule has 1 fully saturated rings. The molecule has 1 aliphatic heterocycles. The van der Waals surface area contributed by atoms with Crippen LogP contribution in [-0.2, 0) is 16.6 Å². The third-order valence-electron chi connectivity index (χ3n) is 3.07. The van der Waals surface area contributed by atoms with E-state index in [-0.39, 0.29) is 5.25 Å². The summed E-state index contributed by atoms with van der Waals surface area (Å²) in [6.45, 7) is 1.84. The second-order valence-corrected chi connectivity index (χ2v) is 6.70. The molecular weight excluding hydrogens is 240 g/mol. The van der Waals surface area contributed by atoms with Crippen molar-refractivity contribution in [2.45, 2.75) is 24.6 Å². The Hall–Kier alpha value is -0.920. The highest BCUT2D eigenvalue weighted by molar-refractivity contribution is 7.89. The molecule has 2 rings (SSSR count). The molecule has 0 aliphatic carbocycles. The number of piperidine rings is 1. The Bertz CT molecular complexity index is 437. The van der Waals surface area contributed by atoms with Crippen LogP contribution < -0.4 is 5.32 Å². The molecular formula is C10H18N4O2S. The molecule has 0 spiro atoms. The SMILES string of the molecule is CN(Cc1cn[nH]c1)S(=O)(=O)C1CCCNC1. The predicted octanol–water partition coefficient (Wildman–Crippen LogP) is -0.0767. The van der Waals surface area contributed by atoms with Crippen LogP contribution in [0.1, 0.15) is 18.4 Å². The van der Waals surface area contributed by atoms with Gasteiger partial charge in [-0.15, -0.1) is 0 Å². The van der Waals surface area contributed by atoms with Crippen LogP contribution in [0.3, 0.4) is 0 Å². The van der Waals surface area contributed by atoms with Crippen molar-refractivity contribution in [3.63, 3.8) is 0 Å². The van der Waals surface area contributed by atoms with Crippen LogP contribution in [-0.4, -0.2) is 48.3 Å². The van der Waals surface area contributed by atoms with Crippen LogP contribution in [0.2, 0.25) is 0 Å². The summed E-state index contributed by atoms with van der Waals surface area (Å²) in [6, 6.07) is 0. The van der Waals surface area contributed by atoms with E-state index in [0.717, 1.165) is 24.9 Å². The fourth-order valence-electron chi connectivity index (χ4n) is 2.04. The molecule has 1 unspecified atom stereocenters. The summed E-state index contributed by atoms with van der Waals surface area (Å²) in [5, 5.41) is 9.33. The number of sulfonamides is 1. The van der Waals surface area contributed by atoms with Gasteiger partial charge in [-0.25, -0.2) is 12.7 Å². The van der Waals surface area contributed by atoms with Crippen molar-refractivity contribution in [3.05, 3.63) is 18.0 Å². The maximum atomic E-state index is 12.3. The van der Waals surface area contributed by atoms with Gasteiger partial charge in [0.05, 0.1) is 11.4 Å². The van der Waals surface area contributed by atoms with Gasteiger partial charge in [0.2, 0.25) is 10.0 Å². The van der Waals surface area contributed by atoms with E-state index in [1.165, 1.54) is 4.31 Å². The molecule has 0 amide bonds. The summed E-state index contributed by atoms with van der Waals surface area (Å²) in [5.41, 5.74) is 0.875. The number of nitrogens with one attached hydrogen (secondary N) is 2. The first kappa shape index (κ1) is 12.5.